The van der Waals surface area contributed by atoms with E-state index >= 15 is 0 Å². The normalized spacial score (nSPS) is 19.5. The fourth-order valence-corrected chi connectivity index (χ4v) is 4.67. The highest BCUT2D eigenvalue weighted by atomic mass is 16.6. The van der Waals surface area contributed by atoms with Crippen LogP contribution in [0.2, 0.25) is 0 Å². The lowest BCUT2D eigenvalue weighted by molar-refractivity contribution is -0.172. The van der Waals surface area contributed by atoms with E-state index in [0.29, 0.717) is 39.2 Å². The highest BCUT2D eigenvalue weighted by Crippen LogP contribution is 2.42. The monoisotopic (exact) mass is 390 g/mol. The zero-order valence-electron chi connectivity index (χ0n) is 16.0. The molecule has 0 saturated carbocycles. The molecule has 3 aromatic rings. The summed E-state index contributed by atoms with van der Waals surface area (Å²) in [6, 6.07) is 7.32. The van der Waals surface area contributed by atoms with E-state index in [-0.39, 0.29) is 30.7 Å². The van der Waals surface area contributed by atoms with Crippen molar-refractivity contribution in [2.45, 2.75) is 39.0 Å². The van der Waals surface area contributed by atoms with Crippen LogP contribution in [0.1, 0.15) is 46.0 Å². The molecule has 7 heteroatoms. The molecular weight excluding hydrogens is 372 g/mol. The first-order valence-corrected chi connectivity index (χ1v) is 9.45. The van der Waals surface area contributed by atoms with Gasteiger partial charge < -0.3 is 14.4 Å². The number of fused-ring (bicyclic) bond motifs is 5. The smallest absolute Gasteiger partial charge is 0.343 e. The lowest BCUT2D eigenvalue weighted by atomic mass is 9.82. The number of benzene rings is 1. The Labute approximate surface area is 165 Å². The molecule has 1 atom stereocenters. The van der Waals surface area contributed by atoms with Crippen molar-refractivity contribution < 1.29 is 19.4 Å². The molecule has 5 rings (SSSR count). The zero-order valence-corrected chi connectivity index (χ0v) is 16.0. The number of pyridine rings is 2. The molecule has 0 spiro atoms. The third-order valence-corrected chi connectivity index (χ3v) is 6.11. The molecule has 1 aromatic carbocycles. The molecule has 146 valence electrons. The number of para-hydroxylation sites is 1. The van der Waals surface area contributed by atoms with Gasteiger partial charge in [-0.2, -0.15) is 0 Å². The molecule has 2 aliphatic rings. The molecule has 4 heterocycles. The largest absolute Gasteiger partial charge is 0.458 e. The van der Waals surface area contributed by atoms with E-state index in [2.05, 4.69) is 0 Å². The molecule has 2 aromatic heterocycles. The van der Waals surface area contributed by atoms with Crippen LogP contribution in [-0.2, 0) is 28.3 Å². The van der Waals surface area contributed by atoms with Crippen molar-refractivity contribution in [2.75, 3.05) is 0 Å². The first-order chi connectivity index (χ1) is 13.9. The maximum atomic E-state index is 13.3. The molecule has 0 aliphatic carbocycles. The number of aliphatic hydroxyl groups is 1. The summed E-state index contributed by atoms with van der Waals surface area (Å²) >= 11 is 0. The van der Waals surface area contributed by atoms with Crippen molar-refractivity contribution in [3.8, 4) is 11.4 Å². The molecule has 0 unspecified atom stereocenters. The summed E-state index contributed by atoms with van der Waals surface area (Å²) in [5, 5.41) is 11.8. The SMILES string of the molecule is CC[C@@]1(O)C(=O)OCc2c1c(C)c1n(c2=O)Cc2c-1nc1ccccc1c2C=O. The van der Waals surface area contributed by atoms with Gasteiger partial charge in [0.15, 0.2) is 11.9 Å². The van der Waals surface area contributed by atoms with Crippen molar-refractivity contribution in [1.29, 1.82) is 0 Å². The maximum absolute atomic E-state index is 13.3. The number of hydrogen-bond donors (Lipinski definition) is 1. The average molecular weight is 390 g/mol. The van der Waals surface area contributed by atoms with Crippen molar-refractivity contribution in [1.82, 2.24) is 9.55 Å². The van der Waals surface area contributed by atoms with Gasteiger partial charge in [-0.3, -0.25) is 9.59 Å². The van der Waals surface area contributed by atoms with E-state index in [1.807, 2.05) is 24.3 Å². The molecule has 29 heavy (non-hydrogen) atoms. The van der Waals surface area contributed by atoms with E-state index in [0.717, 1.165) is 11.7 Å². The van der Waals surface area contributed by atoms with Gasteiger partial charge in [-0.25, -0.2) is 9.78 Å². The van der Waals surface area contributed by atoms with Crippen LogP contribution in [0, 0.1) is 6.92 Å². The number of carbonyl (C=O) groups excluding carboxylic acids is 2. The number of ether oxygens (including phenoxy) is 1. The Balaban J connectivity index is 1.91. The number of rotatable bonds is 2. The van der Waals surface area contributed by atoms with E-state index < -0.39 is 11.6 Å². The van der Waals surface area contributed by atoms with Crippen LogP contribution in [0.25, 0.3) is 22.3 Å². The second-order valence-electron chi connectivity index (χ2n) is 7.50. The molecule has 0 saturated heterocycles. The number of esters is 1. The predicted molar refractivity (Wildman–Crippen MR) is 105 cm³/mol. The Hall–Kier alpha value is -3.32. The molecule has 1 N–H and O–H groups in total. The van der Waals surface area contributed by atoms with Crippen LogP contribution in [0.5, 0.6) is 0 Å². The summed E-state index contributed by atoms with van der Waals surface area (Å²) in [6.45, 7) is 3.48. The van der Waals surface area contributed by atoms with Gasteiger partial charge in [0, 0.05) is 22.1 Å². The van der Waals surface area contributed by atoms with Crippen molar-refractivity contribution in [3.05, 3.63) is 62.4 Å². The standard InChI is InChI=1S/C22H18N2O5/c1-3-22(28)17-11(2)19-18-13(8-24(19)20(26)15(17)10-29-21(22)27)14(9-25)12-6-4-5-7-16(12)23-18/h4-7,9,28H,3,8,10H2,1-2H3/t22-/m0/s1. The Bertz CT molecular complexity index is 1310. The van der Waals surface area contributed by atoms with Gasteiger partial charge in [0.25, 0.3) is 5.56 Å². The third-order valence-electron chi connectivity index (χ3n) is 6.11. The van der Waals surface area contributed by atoms with E-state index in [4.69, 9.17) is 9.72 Å². The third kappa shape index (κ3) is 2.10. The highest BCUT2D eigenvalue weighted by molar-refractivity contribution is 6.01. The molecule has 0 bridgehead atoms. The first kappa shape index (κ1) is 17.8. The Kier molecular flexibility index (Phi) is 3.58. The van der Waals surface area contributed by atoms with Gasteiger partial charge in [-0.05, 0) is 25.0 Å². The average Bonchev–Trinajstić information content (AvgIpc) is 3.11. The molecule has 0 fully saturated rings. The van der Waals surface area contributed by atoms with Gasteiger partial charge in [0.1, 0.15) is 6.61 Å². The summed E-state index contributed by atoms with van der Waals surface area (Å²) < 4.78 is 6.68. The maximum Gasteiger partial charge on any atom is 0.343 e. The minimum absolute atomic E-state index is 0.0835. The highest BCUT2D eigenvalue weighted by Gasteiger charge is 2.47. The van der Waals surface area contributed by atoms with E-state index in [9.17, 15) is 19.5 Å². The lowest BCUT2D eigenvalue weighted by Gasteiger charge is -2.33. The van der Waals surface area contributed by atoms with Crippen LogP contribution in [0.15, 0.2) is 29.1 Å². The number of nitrogens with zero attached hydrogens (tertiary/aromatic N) is 2. The van der Waals surface area contributed by atoms with Gasteiger partial charge in [-0.15, -0.1) is 0 Å². The number of cyclic esters (lactones) is 1. The fourth-order valence-electron chi connectivity index (χ4n) is 4.67. The van der Waals surface area contributed by atoms with E-state index in [1.54, 1.807) is 18.4 Å². The van der Waals surface area contributed by atoms with Crippen LogP contribution in [-0.4, -0.2) is 26.9 Å². The Morgan fingerprint density at radius 2 is 2.03 bits per heavy atom. The summed E-state index contributed by atoms with van der Waals surface area (Å²) in [5.41, 5.74) is 1.90. The van der Waals surface area contributed by atoms with Gasteiger partial charge in [0.2, 0.25) is 0 Å². The topological polar surface area (TPSA) is 98.5 Å². The predicted octanol–water partition coefficient (Wildman–Crippen LogP) is 2.20. The minimum atomic E-state index is -1.88. The van der Waals surface area contributed by atoms with Gasteiger partial charge in [-0.1, -0.05) is 25.1 Å². The Morgan fingerprint density at radius 3 is 2.76 bits per heavy atom. The van der Waals surface area contributed by atoms with Gasteiger partial charge in [0.05, 0.1) is 29.0 Å². The fraction of sp³-hybridized carbons (Fsp3) is 0.273. The molecule has 2 aliphatic heterocycles. The summed E-state index contributed by atoms with van der Waals surface area (Å²) in [4.78, 5) is 42.3. The minimum Gasteiger partial charge on any atom is -0.458 e. The van der Waals surface area contributed by atoms with Crippen LogP contribution >= 0.6 is 0 Å². The van der Waals surface area contributed by atoms with E-state index in [1.165, 1.54) is 0 Å². The zero-order chi connectivity index (χ0) is 20.5. The second-order valence-corrected chi connectivity index (χ2v) is 7.50. The van der Waals surface area contributed by atoms with Crippen molar-refractivity contribution >= 4 is 23.2 Å². The van der Waals surface area contributed by atoms with Gasteiger partial charge >= 0.3 is 5.97 Å². The molecule has 7 nitrogen and oxygen atoms in total. The first-order valence-electron chi connectivity index (χ1n) is 9.45. The number of carbonyl (C=O) groups is 2. The molecule has 0 radical (unpaired) electrons. The van der Waals surface area contributed by atoms with Crippen LogP contribution in [0.3, 0.4) is 0 Å². The lowest BCUT2D eigenvalue weighted by Crippen LogP contribution is -2.45. The summed E-state index contributed by atoms with van der Waals surface area (Å²) in [7, 11) is 0. The van der Waals surface area contributed by atoms with Crippen LogP contribution < -0.4 is 5.56 Å². The van der Waals surface area contributed by atoms with Crippen LogP contribution in [0.4, 0.5) is 0 Å². The van der Waals surface area contributed by atoms with Crippen molar-refractivity contribution in [3.63, 3.8) is 0 Å². The number of aldehydes is 1. The number of aromatic nitrogens is 2. The Morgan fingerprint density at radius 1 is 1.28 bits per heavy atom. The molecule has 0 amide bonds. The summed E-state index contributed by atoms with van der Waals surface area (Å²) in [5.74, 6) is -0.752. The quantitative estimate of drug-likeness (QED) is 0.416. The van der Waals surface area contributed by atoms with Crippen molar-refractivity contribution in [2.24, 2.45) is 0 Å². The second kappa shape index (κ2) is 5.84. The molecular formula is C22H18N2O5. The summed E-state index contributed by atoms with van der Waals surface area (Å²) in [6.07, 6.45) is 0.879. The number of hydrogen-bond acceptors (Lipinski definition) is 6.